The molecule has 71 heavy (non-hydrogen) atoms. The minimum atomic E-state index is -0.779. The number of benzene rings is 2. The Bertz CT molecular complexity index is 2970. The van der Waals surface area contributed by atoms with Gasteiger partial charge < -0.3 is 49.3 Å². The van der Waals surface area contributed by atoms with Crippen LogP contribution in [0.4, 0.5) is 14.0 Å². The number of amides is 4. The molecule has 18 nitrogen and oxygen atoms in total. The average molecular weight is 991 g/mol. The number of fused-ring (bicyclic) bond motifs is 5. The molecule has 0 aliphatic carbocycles. The van der Waals surface area contributed by atoms with Gasteiger partial charge in [-0.05, 0) is 80.7 Å². The number of aromatic nitrogens is 6. The Kier molecular flexibility index (Phi) is 13.3. The Morgan fingerprint density at radius 3 is 1.93 bits per heavy atom. The first kappa shape index (κ1) is 47.9. The van der Waals surface area contributed by atoms with Gasteiger partial charge in [-0.3, -0.25) is 14.2 Å². The summed E-state index contributed by atoms with van der Waals surface area (Å²) in [4.78, 5) is 77.7. The highest BCUT2D eigenvalue weighted by Gasteiger charge is 2.40. The van der Waals surface area contributed by atoms with Crippen molar-refractivity contribution in [3.8, 4) is 39.5 Å². The van der Waals surface area contributed by atoms with Gasteiger partial charge in [-0.1, -0.05) is 33.8 Å². The largest absolute Gasteiger partial charge is 0.464 e. The molecule has 0 bridgehead atoms. The van der Waals surface area contributed by atoms with E-state index in [0.29, 0.717) is 79.1 Å². The number of halogens is 1. The number of carbonyl (C=O) groups is 4. The van der Waals surface area contributed by atoms with Gasteiger partial charge in [-0.15, -0.1) is 11.3 Å². The Balaban J connectivity index is 0.976. The fourth-order valence-corrected chi connectivity index (χ4v) is 11.6. The van der Waals surface area contributed by atoms with Crippen LogP contribution in [0, 0.1) is 17.7 Å². The summed E-state index contributed by atoms with van der Waals surface area (Å²) >= 11 is 1.60. The lowest BCUT2D eigenvalue weighted by atomic mass is 10.0. The van der Waals surface area contributed by atoms with Gasteiger partial charge in [0.05, 0.1) is 76.7 Å². The van der Waals surface area contributed by atoms with E-state index in [9.17, 15) is 19.2 Å². The van der Waals surface area contributed by atoms with Crippen molar-refractivity contribution in [1.29, 1.82) is 0 Å². The number of ether oxygens (including phenoxy) is 4. The summed E-state index contributed by atoms with van der Waals surface area (Å²) in [6, 6.07) is 9.16. The number of rotatable bonds is 12. The quantitative estimate of drug-likeness (QED) is 0.0912. The SMILES string of the molecule is COC(=O)NC(C(=O)N1CCC[C@H]1c1ncc(-c2cc(F)c3c(c2)OC(c2cnc(C4CCOCC4)s2)n2c-3cc3cc(-c4cnc([C@@H]5CCCN5C(=O)C(NC(=O)OC)C(C)C)[nH]4)ccc32)[nH]1)C(C)C. The maximum absolute atomic E-state index is 17.0. The molecule has 0 radical (unpaired) electrons. The summed E-state index contributed by atoms with van der Waals surface area (Å²) in [7, 11) is 2.54. The zero-order valence-electron chi connectivity index (χ0n) is 40.6. The van der Waals surface area contributed by atoms with E-state index in [4.69, 9.17) is 33.9 Å². The van der Waals surface area contributed by atoms with E-state index in [1.165, 1.54) is 20.3 Å². The zero-order chi connectivity index (χ0) is 49.7. The first-order chi connectivity index (χ1) is 34.3. The van der Waals surface area contributed by atoms with Crippen LogP contribution < -0.4 is 15.4 Å². The molecule has 3 fully saturated rings. The molecule has 3 saturated heterocycles. The van der Waals surface area contributed by atoms with Gasteiger partial charge >= 0.3 is 12.2 Å². The van der Waals surface area contributed by atoms with Crippen LogP contribution in [0.5, 0.6) is 5.75 Å². The number of thiazole rings is 1. The van der Waals surface area contributed by atoms with Crippen LogP contribution in [0.3, 0.4) is 0 Å². The Hall–Kier alpha value is -6.80. The summed E-state index contributed by atoms with van der Waals surface area (Å²) in [5, 5.41) is 7.27. The molecule has 10 rings (SSSR count). The fraction of sp³-hybridized carbons (Fsp3) is 0.471. The van der Waals surface area contributed by atoms with Gasteiger partial charge in [0.15, 0.2) is 0 Å². The summed E-state index contributed by atoms with van der Waals surface area (Å²) in [5.74, 6) is 0.621. The van der Waals surface area contributed by atoms with E-state index in [1.54, 1.807) is 33.5 Å². The highest BCUT2D eigenvalue weighted by molar-refractivity contribution is 7.11. The number of nitrogens with zero attached hydrogens (tertiary/aromatic N) is 6. The van der Waals surface area contributed by atoms with Crippen LogP contribution in [0.25, 0.3) is 44.7 Å². The maximum atomic E-state index is 17.0. The van der Waals surface area contributed by atoms with Crippen molar-refractivity contribution in [1.82, 2.24) is 49.9 Å². The molecular weight excluding hydrogens is 932 g/mol. The smallest absolute Gasteiger partial charge is 0.407 e. The lowest BCUT2D eigenvalue weighted by Gasteiger charge is -2.30. The zero-order valence-corrected chi connectivity index (χ0v) is 41.4. The molecule has 20 heteroatoms. The Labute approximate surface area is 414 Å². The molecule has 2 aromatic carbocycles. The fourth-order valence-electron chi connectivity index (χ4n) is 10.5. The normalized spacial score (nSPS) is 19.9. The number of nitrogens with one attached hydrogen (secondary N) is 4. The standard InChI is InChI=1S/C51H59FN10O8S/c1-26(2)42(58-50(65)67-5)47(63)60-15-7-9-36(60)44-53-23-33(56-44)29-11-12-35-31(19-29)21-38-41-32(52)20-30(22-39(41)70-49(62(35)38)40-25-55-46(71-40)28-13-17-69-18-14-28)34-24-54-45(57-34)37-10-8-16-61(37)48(64)43(27(3)4)59-51(66)68-6/h11-12,19-28,36-37,42-43,49H,7-10,13-18H2,1-6H3,(H,53,56)(H,54,57)(H,58,65)(H,59,66)/t36-,37-,42?,43?,49?/m0/s1. The molecule has 4 amide bonds. The number of aromatic amines is 2. The lowest BCUT2D eigenvalue weighted by molar-refractivity contribution is -0.136. The second-order valence-electron chi connectivity index (χ2n) is 19.4. The molecule has 0 saturated carbocycles. The van der Waals surface area contributed by atoms with Crippen LogP contribution in [-0.4, -0.2) is 116 Å². The van der Waals surface area contributed by atoms with Gasteiger partial charge in [0.2, 0.25) is 18.0 Å². The van der Waals surface area contributed by atoms with E-state index >= 15 is 4.39 Å². The molecule has 3 unspecified atom stereocenters. The summed E-state index contributed by atoms with van der Waals surface area (Å²) < 4.78 is 41.2. The number of imidazole rings is 2. The molecule has 0 spiro atoms. The van der Waals surface area contributed by atoms with Crippen molar-refractivity contribution >= 4 is 46.2 Å². The number of H-pyrrole nitrogens is 2. The van der Waals surface area contributed by atoms with Crippen LogP contribution in [0.1, 0.15) is 112 Å². The predicted octanol–water partition coefficient (Wildman–Crippen LogP) is 8.61. The summed E-state index contributed by atoms with van der Waals surface area (Å²) in [6.45, 7) is 9.91. The number of hydrogen-bond donors (Lipinski definition) is 4. The van der Waals surface area contributed by atoms with Crippen molar-refractivity contribution in [2.45, 2.75) is 103 Å². The van der Waals surface area contributed by atoms with Crippen molar-refractivity contribution in [3.05, 3.63) is 82.3 Å². The minimum Gasteiger partial charge on any atom is -0.464 e. The molecule has 6 aromatic rings. The lowest BCUT2D eigenvalue weighted by Crippen LogP contribution is -2.51. The first-order valence-corrected chi connectivity index (χ1v) is 25.2. The van der Waals surface area contributed by atoms with Gasteiger partial charge in [-0.2, -0.15) is 0 Å². The topological polar surface area (TPSA) is 211 Å². The van der Waals surface area contributed by atoms with Crippen LogP contribution in [-0.2, 0) is 23.8 Å². The van der Waals surface area contributed by atoms with E-state index in [-0.39, 0.29) is 41.7 Å². The van der Waals surface area contributed by atoms with Crippen molar-refractivity contribution in [2.24, 2.45) is 11.8 Å². The predicted molar refractivity (Wildman–Crippen MR) is 262 cm³/mol. The number of methoxy groups -OCH3 is 2. The highest BCUT2D eigenvalue weighted by atomic mass is 32.1. The van der Waals surface area contributed by atoms with Crippen molar-refractivity contribution < 1.29 is 42.5 Å². The van der Waals surface area contributed by atoms with Gasteiger partial charge in [0.25, 0.3) is 0 Å². The molecule has 8 heterocycles. The summed E-state index contributed by atoms with van der Waals surface area (Å²) in [6.07, 6.45) is 7.98. The van der Waals surface area contributed by atoms with E-state index in [0.717, 1.165) is 57.7 Å². The number of hydrogen-bond acceptors (Lipinski definition) is 12. The summed E-state index contributed by atoms with van der Waals surface area (Å²) in [5.41, 5.74) is 4.50. The third-order valence-electron chi connectivity index (χ3n) is 14.3. The minimum absolute atomic E-state index is 0.159. The molecule has 4 aliphatic rings. The van der Waals surface area contributed by atoms with Gasteiger partial charge in [0, 0.05) is 54.9 Å². The van der Waals surface area contributed by atoms with E-state index < -0.39 is 36.3 Å². The van der Waals surface area contributed by atoms with E-state index in [1.807, 2.05) is 68.8 Å². The van der Waals surface area contributed by atoms with E-state index in [2.05, 4.69) is 20.6 Å². The van der Waals surface area contributed by atoms with Crippen LogP contribution >= 0.6 is 11.3 Å². The molecule has 4 N–H and O–H groups in total. The molecule has 5 atom stereocenters. The third kappa shape index (κ3) is 9.11. The number of carbonyl (C=O) groups excluding carboxylic acids is 4. The number of alkyl carbamates (subject to hydrolysis) is 2. The Morgan fingerprint density at radius 1 is 0.761 bits per heavy atom. The molecular formula is C51H59FN10O8S. The maximum Gasteiger partial charge on any atom is 0.407 e. The molecule has 4 aliphatic heterocycles. The molecule has 4 aromatic heterocycles. The Morgan fingerprint density at radius 2 is 1.35 bits per heavy atom. The van der Waals surface area contributed by atoms with Crippen LogP contribution in [0.2, 0.25) is 0 Å². The first-order valence-electron chi connectivity index (χ1n) is 24.4. The third-order valence-corrected chi connectivity index (χ3v) is 15.5. The monoisotopic (exact) mass is 990 g/mol. The second kappa shape index (κ2) is 19.8. The average Bonchev–Trinajstić information content (AvgIpc) is 4.24. The van der Waals surface area contributed by atoms with Gasteiger partial charge in [-0.25, -0.2) is 28.9 Å². The van der Waals surface area contributed by atoms with Crippen molar-refractivity contribution in [3.63, 3.8) is 0 Å². The molecule has 374 valence electrons. The second-order valence-corrected chi connectivity index (χ2v) is 20.5. The number of likely N-dealkylation sites (tertiary alicyclic amines) is 2. The van der Waals surface area contributed by atoms with Gasteiger partial charge in [0.1, 0.15) is 35.3 Å². The highest BCUT2D eigenvalue weighted by Crippen LogP contribution is 2.49. The van der Waals surface area contributed by atoms with Crippen molar-refractivity contribution in [2.75, 3.05) is 40.5 Å². The van der Waals surface area contributed by atoms with Crippen LogP contribution in [0.15, 0.2) is 55.0 Å².